The molecule has 1 N–H and O–H groups in total. The van der Waals surface area contributed by atoms with E-state index in [1.54, 1.807) is 17.9 Å². The molecule has 0 saturated heterocycles. The smallest absolute Gasteiger partial charge is 0.416 e. The summed E-state index contributed by atoms with van der Waals surface area (Å²) in [4.78, 5) is 12.5. The van der Waals surface area contributed by atoms with Gasteiger partial charge < -0.3 is 5.11 Å². The molecule has 0 aliphatic heterocycles. The van der Waals surface area contributed by atoms with E-state index in [1.807, 2.05) is 13.8 Å². The molecule has 1 rings (SSSR count). The molecule has 3 nitrogen and oxygen atoms in total. The lowest BCUT2D eigenvalue weighted by Crippen LogP contribution is -2.37. The summed E-state index contributed by atoms with van der Waals surface area (Å²) in [6, 6.07) is 4.50. The van der Waals surface area contributed by atoms with Crippen LogP contribution in [0.1, 0.15) is 37.9 Å². The number of carboxylic acid groups (broad SMARTS) is 1. The van der Waals surface area contributed by atoms with Gasteiger partial charge in [-0.3, -0.25) is 9.69 Å². The molecule has 1 aromatic carbocycles. The van der Waals surface area contributed by atoms with Crippen LogP contribution in [0.4, 0.5) is 13.2 Å². The van der Waals surface area contributed by atoms with E-state index in [1.165, 1.54) is 6.07 Å². The molecule has 0 aromatic heterocycles. The van der Waals surface area contributed by atoms with Gasteiger partial charge in [-0.1, -0.05) is 12.1 Å². The molecule has 0 aliphatic rings. The number of hydrogen-bond donors (Lipinski definition) is 1. The van der Waals surface area contributed by atoms with E-state index in [0.717, 1.165) is 12.1 Å². The van der Waals surface area contributed by atoms with Gasteiger partial charge >= 0.3 is 12.1 Å². The molecule has 0 fully saturated rings. The lowest BCUT2D eigenvalue weighted by atomic mass is 10.0. The Labute approximate surface area is 116 Å². The molecule has 0 bridgehead atoms. The number of benzene rings is 1. The van der Waals surface area contributed by atoms with E-state index in [9.17, 15) is 18.0 Å². The number of carbonyl (C=O) groups is 1. The van der Waals surface area contributed by atoms with Crippen LogP contribution in [0.15, 0.2) is 24.3 Å². The Bertz CT molecular complexity index is 472. The summed E-state index contributed by atoms with van der Waals surface area (Å²) in [7, 11) is 0. The second-order valence-corrected chi connectivity index (χ2v) is 4.96. The molecule has 0 heterocycles. The van der Waals surface area contributed by atoms with Gasteiger partial charge in [0.05, 0.1) is 12.1 Å². The van der Waals surface area contributed by atoms with Gasteiger partial charge in [-0.15, -0.1) is 0 Å². The predicted octanol–water partition coefficient (Wildman–Crippen LogP) is 3.56. The molecular weight excluding hydrogens is 271 g/mol. The van der Waals surface area contributed by atoms with E-state index in [-0.39, 0.29) is 12.6 Å². The summed E-state index contributed by atoms with van der Waals surface area (Å²) >= 11 is 0. The normalized spacial score (nSPS) is 13.8. The fourth-order valence-electron chi connectivity index (χ4n) is 2.09. The van der Waals surface area contributed by atoms with Crippen LogP contribution in [0.5, 0.6) is 0 Å². The molecule has 0 amide bonds. The third-order valence-electron chi connectivity index (χ3n) is 3.17. The van der Waals surface area contributed by atoms with Gasteiger partial charge in [0.15, 0.2) is 0 Å². The Morgan fingerprint density at radius 3 is 2.35 bits per heavy atom. The highest BCUT2D eigenvalue weighted by Crippen LogP contribution is 2.32. The van der Waals surface area contributed by atoms with Crippen molar-refractivity contribution in [1.29, 1.82) is 0 Å². The maximum absolute atomic E-state index is 12.7. The van der Waals surface area contributed by atoms with Gasteiger partial charge in [-0.25, -0.2) is 0 Å². The van der Waals surface area contributed by atoms with Gasteiger partial charge in [0.2, 0.25) is 0 Å². The molecule has 0 radical (unpaired) electrons. The lowest BCUT2D eigenvalue weighted by Gasteiger charge is -2.31. The molecule has 6 heteroatoms. The zero-order chi connectivity index (χ0) is 15.5. The fourth-order valence-corrected chi connectivity index (χ4v) is 2.09. The molecule has 1 aromatic rings. The number of alkyl halides is 3. The monoisotopic (exact) mass is 289 g/mol. The van der Waals surface area contributed by atoms with Crippen LogP contribution in [-0.2, 0) is 11.0 Å². The van der Waals surface area contributed by atoms with Crippen LogP contribution >= 0.6 is 0 Å². The van der Waals surface area contributed by atoms with Gasteiger partial charge in [0, 0.05) is 12.1 Å². The van der Waals surface area contributed by atoms with Gasteiger partial charge in [0.25, 0.3) is 0 Å². The third-order valence-corrected chi connectivity index (χ3v) is 3.17. The SMILES string of the molecule is CC(C)N(CC(=O)O)C(C)c1cccc(C(F)(F)F)c1. The molecule has 0 spiro atoms. The highest BCUT2D eigenvalue weighted by Gasteiger charge is 2.31. The van der Waals surface area contributed by atoms with Gasteiger partial charge in [-0.05, 0) is 38.5 Å². The summed E-state index contributed by atoms with van der Waals surface area (Å²) in [5.74, 6) is -1.00. The van der Waals surface area contributed by atoms with Crippen LogP contribution < -0.4 is 0 Å². The predicted molar refractivity (Wildman–Crippen MR) is 69.3 cm³/mol. The first-order valence-electron chi connectivity index (χ1n) is 6.27. The van der Waals surface area contributed by atoms with Crippen molar-refractivity contribution >= 4 is 5.97 Å². The highest BCUT2D eigenvalue weighted by atomic mass is 19.4. The van der Waals surface area contributed by atoms with Crippen molar-refractivity contribution in [3.63, 3.8) is 0 Å². The maximum Gasteiger partial charge on any atom is 0.416 e. The van der Waals surface area contributed by atoms with Crippen molar-refractivity contribution in [3.8, 4) is 0 Å². The average Bonchev–Trinajstić information content (AvgIpc) is 2.33. The average molecular weight is 289 g/mol. The van der Waals surface area contributed by atoms with Crippen LogP contribution in [0.2, 0.25) is 0 Å². The summed E-state index contributed by atoms with van der Waals surface area (Å²) in [5, 5.41) is 8.89. The first-order valence-corrected chi connectivity index (χ1v) is 6.27. The first kappa shape index (κ1) is 16.5. The van der Waals surface area contributed by atoms with Crippen molar-refractivity contribution < 1.29 is 23.1 Å². The summed E-state index contributed by atoms with van der Waals surface area (Å²) in [6.07, 6.45) is -4.40. The Morgan fingerprint density at radius 2 is 1.90 bits per heavy atom. The topological polar surface area (TPSA) is 40.5 Å². The van der Waals surface area contributed by atoms with Crippen LogP contribution in [0.3, 0.4) is 0 Å². The van der Waals surface area contributed by atoms with Crippen LogP contribution in [0, 0.1) is 0 Å². The zero-order valence-electron chi connectivity index (χ0n) is 11.6. The second-order valence-electron chi connectivity index (χ2n) is 4.96. The Morgan fingerprint density at radius 1 is 1.30 bits per heavy atom. The minimum Gasteiger partial charge on any atom is -0.480 e. The fraction of sp³-hybridized carbons (Fsp3) is 0.500. The van der Waals surface area contributed by atoms with E-state index >= 15 is 0 Å². The Hall–Kier alpha value is -1.56. The number of nitrogens with zero attached hydrogens (tertiary/aromatic N) is 1. The van der Waals surface area contributed by atoms with E-state index in [0.29, 0.717) is 5.56 Å². The van der Waals surface area contributed by atoms with Crippen molar-refractivity contribution in [2.45, 2.75) is 39.0 Å². The minimum atomic E-state index is -4.40. The van der Waals surface area contributed by atoms with Gasteiger partial charge in [-0.2, -0.15) is 13.2 Å². The maximum atomic E-state index is 12.7. The first-order chi connectivity index (χ1) is 9.12. The number of halogens is 3. The van der Waals surface area contributed by atoms with E-state index in [2.05, 4.69) is 0 Å². The second kappa shape index (κ2) is 6.26. The van der Waals surface area contributed by atoms with Crippen molar-refractivity contribution in [2.75, 3.05) is 6.54 Å². The number of rotatable bonds is 5. The van der Waals surface area contributed by atoms with Crippen molar-refractivity contribution in [3.05, 3.63) is 35.4 Å². The van der Waals surface area contributed by atoms with E-state index in [4.69, 9.17) is 5.11 Å². The molecule has 1 atom stereocenters. The number of hydrogen-bond acceptors (Lipinski definition) is 2. The lowest BCUT2D eigenvalue weighted by molar-refractivity contribution is -0.140. The standard InChI is InChI=1S/C14H18F3NO2/c1-9(2)18(8-13(19)20)10(3)11-5-4-6-12(7-11)14(15,16)17/h4-7,9-10H,8H2,1-3H3,(H,19,20). The summed E-state index contributed by atoms with van der Waals surface area (Å²) in [5.41, 5.74) is -0.268. The molecule has 112 valence electrons. The molecule has 0 aliphatic carbocycles. The summed E-state index contributed by atoms with van der Waals surface area (Å²) < 4.78 is 38.1. The molecule has 1 unspecified atom stereocenters. The third kappa shape index (κ3) is 4.23. The highest BCUT2D eigenvalue weighted by molar-refractivity contribution is 5.69. The van der Waals surface area contributed by atoms with Crippen molar-refractivity contribution in [1.82, 2.24) is 4.90 Å². The van der Waals surface area contributed by atoms with Gasteiger partial charge in [0.1, 0.15) is 0 Å². The largest absolute Gasteiger partial charge is 0.480 e. The molecule has 20 heavy (non-hydrogen) atoms. The number of aliphatic carboxylic acids is 1. The Balaban J connectivity index is 3.06. The quantitative estimate of drug-likeness (QED) is 0.901. The summed E-state index contributed by atoms with van der Waals surface area (Å²) in [6.45, 7) is 5.12. The van der Waals surface area contributed by atoms with Crippen LogP contribution in [-0.4, -0.2) is 28.6 Å². The zero-order valence-corrected chi connectivity index (χ0v) is 11.6. The molecular formula is C14H18F3NO2. The minimum absolute atomic E-state index is 0.0874. The van der Waals surface area contributed by atoms with E-state index < -0.39 is 23.8 Å². The Kier molecular flexibility index (Phi) is 5.16. The number of carboxylic acids is 1. The van der Waals surface area contributed by atoms with Crippen LogP contribution in [0.25, 0.3) is 0 Å². The van der Waals surface area contributed by atoms with Crippen molar-refractivity contribution in [2.24, 2.45) is 0 Å². The molecule has 0 saturated carbocycles.